The van der Waals surface area contributed by atoms with E-state index >= 15 is 0 Å². The summed E-state index contributed by atoms with van der Waals surface area (Å²) < 4.78 is 52.8. The van der Waals surface area contributed by atoms with Gasteiger partial charge in [-0.25, -0.2) is 18.7 Å². The predicted octanol–water partition coefficient (Wildman–Crippen LogP) is 3.88. The Kier molecular flexibility index (Phi) is 4.53. The van der Waals surface area contributed by atoms with Gasteiger partial charge < -0.3 is 4.57 Å². The molecule has 0 saturated heterocycles. The van der Waals surface area contributed by atoms with E-state index in [-0.39, 0.29) is 23.8 Å². The lowest BCUT2D eigenvalue weighted by Crippen LogP contribution is -2.32. The van der Waals surface area contributed by atoms with Gasteiger partial charge in [-0.15, -0.1) is 11.6 Å². The van der Waals surface area contributed by atoms with E-state index < -0.39 is 18.9 Å². The van der Waals surface area contributed by atoms with E-state index in [4.69, 9.17) is 11.6 Å². The normalized spacial score (nSPS) is 12.6. The maximum Gasteiger partial charge on any atom is 0.324 e. The quantitative estimate of drug-likeness (QED) is 0.587. The molecule has 3 nitrogen and oxygen atoms in total. The maximum atomic E-state index is 13.3. The molecule has 110 valence electrons. The van der Waals surface area contributed by atoms with Crippen molar-refractivity contribution in [2.45, 2.75) is 25.3 Å². The van der Waals surface area contributed by atoms with Crippen LogP contribution in [0.25, 0.3) is 11.2 Å². The molecule has 0 atom stereocenters. The largest absolute Gasteiger partial charge is 0.324 e. The first-order valence-electron chi connectivity index (χ1n) is 5.57. The van der Waals surface area contributed by atoms with Gasteiger partial charge >= 0.3 is 12.3 Å². The average Bonchev–Trinajstić information content (AvgIpc) is 2.66. The van der Waals surface area contributed by atoms with Crippen molar-refractivity contribution in [3.8, 4) is 0 Å². The number of aromatic nitrogens is 3. The van der Waals surface area contributed by atoms with E-state index in [0.29, 0.717) is 9.99 Å². The molecule has 0 aromatic carbocycles. The summed E-state index contributed by atoms with van der Waals surface area (Å²) >= 11 is 8.77. The van der Waals surface area contributed by atoms with Crippen molar-refractivity contribution in [2.24, 2.45) is 0 Å². The number of halogens is 6. The Hall–Kier alpha value is -0.890. The second-order valence-corrected chi connectivity index (χ2v) is 5.40. The molecule has 0 amide bonds. The van der Waals surface area contributed by atoms with Crippen molar-refractivity contribution >= 4 is 38.7 Å². The van der Waals surface area contributed by atoms with E-state index in [1.807, 2.05) is 0 Å². The van der Waals surface area contributed by atoms with Crippen LogP contribution in [0.2, 0.25) is 0 Å². The molecule has 0 spiro atoms. The van der Waals surface area contributed by atoms with Crippen molar-refractivity contribution in [3.05, 3.63) is 22.6 Å². The first-order valence-corrected chi connectivity index (χ1v) is 6.90. The van der Waals surface area contributed by atoms with Gasteiger partial charge in [-0.3, -0.25) is 0 Å². The molecule has 0 saturated carbocycles. The summed E-state index contributed by atoms with van der Waals surface area (Å²) in [5.74, 6) is -3.80. The Labute approximate surface area is 125 Å². The summed E-state index contributed by atoms with van der Waals surface area (Å²) in [5, 5.41) is 0. The molecule has 0 aliphatic heterocycles. The van der Waals surface area contributed by atoms with Crippen LogP contribution in [0.1, 0.15) is 5.82 Å². The third kappa shape index (κ3) is 3.06. The molecule has 2 rings (SSSR count). The molecule has 0 N–H and O–H groups in total. The Morgan fingerprint density at radius 3 is 2.70 bits per heavy atom. The molecule has 0 radical (unpaired) electrons. The van der Waals surface area contributed by atoms with Crippen LogP contribution in [0.3, 0.4) is 0 Å². The minimum absolute atomic E-state index is 0.133. The summed E-state index contributed by atoms with van der Waals surface area (Å²) in [6, 6.07) is 1.58. The summed E-state index contributed by atoms with van der Waals surface area (Å²) in [5.41, 5.74) is 0.484. The zero-order chi connectivity index (χ0) is 14.9. The van der Waals surface area contributed by atoms with E-state index in [1.54, 1.807) is 6.07 Å². The minimum atomic E-state index is -4.15. The molecular weight excluding hydrogens is 365 g/mol. The molecular formula is C11H9BrClF4N3. The van der Waals surface area contributed by atoms with Crippen molar-refractivity contribution < 1.29 is 17.6 Å². The van der Waals surface area contributed by atoms with Crippen LogP contribution < -0.4 is 0 Å². The van der Waals surface area contributed by atoms with Gasteiger partial charge in [0.15, 0.2) is 5.65 Å². The molecule has 0 aliphatic carbocycles. The Morgan fingerprint density at radius 1 is 1.40 bits per heavy atom. The van der Waals surface area contributed by atoms with Crippen LogP contribution >= 0.6 is 27.5 Å². The van der Waals surface area contributed by atoms with Crippen LogP contribution in [-0.2, 0) is 13.0 Å². The fourth-order valence-corrected chi connectivity index (χ4v) is 2.24. The van der Waals surface area contributed by atoms with Gasteiger partial charge in [-0.05, 0) is 22.0 Å². The smallest absolute Gasteiger partial charge is 0.306 e. The zero-order valence-electron chi connectivity index (χ0n) is 9.96. The minimum Gasteiger partial charge on any atom is -0.306 e. The van der Waals surface area contributed by atoms with Crippen LogP contribution in [0, 0.1) is 0 Å². The molecule has 0 aliphatic rings. The van der Waals surface area contributed by atoms with Gasteiger partial charge in [0.25, 0.3) is 0 Å². The van der Waals surface area contributed by atoms with Crippen LogP contribution in [0.15, 0.2) is 16.7 Å². The highest BCUT2D eigenvalue weighted by Crippen LogP contribution is 2.28. The summed E-state index contributed by atoms with van der Waals surface area (Å²) in [7, 11) is 0. The van der Waals surface area contributed by atoms with Crippen LogP contribution in [0.4, 0.5) is 17.6 Å². The van der Waals surface area contributed by atoms with E-state index in [9.17, 15) is 17.6 Å². The second-order valence-electron chi connectivity index (χ2n) is 4.11. The molecule has 2 aromatic rings. The summed E-state index contributed by atoms with van der Waals surface area (Å²) in [6.07, 6.45) is -2.17. The molecule has 2 aromatic heterocycles. The lowest BCUT2D eigenvalue weighted by Gasteiger charge is -2.17. The van der Waals surface area contributed by atoms with Gasteiger partial charge in [0.1, 0.15) is 11.3 Å². The van der Waals surface area contributed by atoms with Gasteiger partial charge in [-0.1, -0.05) is 0 Å². The molecule has 0 bridgehead atoms. The Morgan fingerprint density at radius 2 is 2.10 bits per heavy atom. The number of imidazole rings is 1. The van der Waals surface area contributed by atoms with E-state index in [0.717, 1.165) is 4.57 Å². The predicted molar refractivity (Wildman–Crippen MR) is 70.6 cm³/mol. The monoisotopic (exact) mass is 373 g/mol. The second kappa shape index (κ2) is 5.85. The van der Waals surface area contributed by atoms with Gasteiger partial charge in [0.05, 0.1) is 6.54 Å². The fourth-order valence-electron chi connectivity index (χ4n) is 1.75. The summed E-state index contributed by atoms with van der Waals surface area (Å²) in [4.78, 5) is 8.07. The summed E-state index contributed by atoms with van der Waals surface area (Å²) in [6.45, 7) is -1.18. The number of nitrogens with zero attached hydrogens (tertiary/aromatic N) is 3. The van der Waals surface area contributed by atoms with Crippen LogP contribution in [0.5, 0.6) is 0 Å². The molecule has 20 heavy (non-hydrogen) atoms. The Bertz CT molecular complexity index is 617. The molecule has 0 fully saturated rings. The van der Waals surface area contributed by atoms with Crippen molar-refractivity contribution in [3.63, 3.8) is 0 Å². The molecule has 2 heterocycles. The van der Waals surface area contributed by atoms with Crippen molar-refractivity contribution in [2.75, 3.05) is 5.88 Å². The number of rotatable bonds is 5. The zero-order valence-corrected chi connectivity index (χ0v) is 12.3. The van der Waals surface area contributed by atoms with E-state index in [2.05, 4.69) is 25.9 Å². The topological polar surface area (TPSA) is 30.7 Å². The van der Waals surface area contributed by atoms with Crippen LogP contribution in [-0.4, -0.2) is 32.8 Å². The number of hydrogen-bond donors (Lipinski definition) is 0. The number of pyridine rings is 1. The Balaban J connectivity index is 2.51. The fraction of sp³-hybridized carbons (Fsp3) is 0.455. The first kappa shape index (κ1) is 15.5. The third-order valence-electron chi connectivity index (χ3n) is 2.64. The standard InChI is InChI=1S/C11H9BrClF4N3/c12-6-3-7-9(18-4-6)20(8(19-7)1-2-13)5-11(16,17)10(14)15/h3-4,10H,1-2,5H2. The third-order valence-corrected chi connectivity index (χ3v) is 3.26. The lowest BCUT2D eigenvalue weighted by atomic mass is 10.3. The van der Waals surface area contributed by atoms with E-state index in [1.165, 1.54) is 6.20 Å². The van der Waals surface area contributed by atoms with Gasteiger partial charge in [-0.2, -0.15) is 8.78 Å². The molecule has 0 unspecified atom stereocenters. The number of aryl methyl sites for hydroxylation is 1. The number of alkyl halides is 5. The number of fused-ring (bicyclic) bond motifs is 1. The maximum absolute atomic E-state index is 13.3. The molecule has 9 heteroatoms. The number of hydrogen-bond acceptors (Lipinski definition) is 2. The highest BCUT2D eigenvalue weighted by Gasteiger charge is 2.42. The highest BCUT2D eigenvalue weighted by atomic mass is 79.9. The average molecular weight is 375 g/mol. The first-order chi connectivity index (χ1) is 9.35. The van der Waals surface area contributed by atoms with Crippen molar-refractivity contribution in [1.29, 1.82) is 0 Å². The van der Waals surface area contributed by atoms with Gasteiger partial charge in [0, 0.05) is 23.0 Å². The van der Waals surface area contributed by atoms with Gasteiger partial charge in [0.2, 0.25) is 0 Å². The van der Waals surface area contributed by atoms with Crippen molar-refractivity contribution in [1.82, 2.24) is 14.5 Å². The lowest BCUT2D eigenvalue weighted by molar-refractivity contribution is -0.137. The highest BCUT2D eigenvalue weighted by molar-refractivity contribution is 9.10. The SMILES string of the molecule is FC(F)C(F)(F)Cn1c(CCCl)nc2cc(Br)cnc21.